The van der Waals surface area contributed by atoms with Gasteiger partial charge in [-0.05, 0) is 61.1 Å². The van der Waals surface area contributed by atoms with E-state index >= 15 is 0 Å². The smallest absolute Gasteiger partial charge is 0.244 e. The van der Waals surface area contributed by atoms with E-state index in [1.54, 1.807) is 19.1 Å². The summed E-state index contributed by atoms with van der Waals surface area (Å²) < 4.78 is 32.2. The Morgan fingerprint density at radius 1 is 1.10 bits per heavy atom. The number of amides is 1. The third-order valence-electron chi connectivity index (χ3n) is 5.27. The molecule has 2 aromatic rings. The van der Waals surface area contributed by atoms with Crippen molar-refractivity contribution >= 4 is 21.6 Å². The lowest BCUT2D eigenvalue weighted by atomic mass is 10.0. The van der Waals surface area contributed by atoms with Crippen LogP contribution in [0.4, 0.5) is 5.69 Å². The number of aryl methyl sites for hydroxylation is 2. The zero-order chi connectivity index (χ0) is 23.2. The van der Waals surface area contributed by atoms with Crippen LogP contribution >= 0.6 is 0 Å². The molecule has 2 aromatic carbocycles. The van der Waals surface area contributed by atoms with Gasteiger partial charge in [0.05, 0.1) is 18.5 Å². The summed E-state index contributed by atoms with van der Waals surface area (Å²) in [6.45, 7) is 10.5. The molecule has 0 spiro atoms. The lowest BCUT2D eigenvalue weighted by Gasteiger charge is -2.30. The highest BCUT2D eigenvalue weighted by molar-refractivity contribution is 7.92. The normalized spacial score (nSPS) is 12.5. The molecule has 1 N–H and O–H groups in total. The minimum Gasteiger partial charge on any atom is -0.491 e. The van der Waals surface area contributed by atoms with E-state index in [-0.39, 0.29) is 12.5 Å². The van der Waals surface area contributed by atoms with Crippen molar-refractivity contribution in [3.63, 3.8) is 0 Å². The number of sulfonamides is 1. The summed E-state index contributed by atoms with van der Waals surface area (Å²) in [6, 6.07) is 12.4. The van der Waals surface area contributed by atoms with Crippen LogP contribution in [0.3, 0.4) is 0 Å². The quantitative estimate of drug-likeness (QED) is 0.556. The minimum atomic E-state index is -3.65. The van der Waals surface area contributed by atoms with Crippen LogP contribution in [-0.2, 0) is 14.8 Å². The molecule has 0 fully saturated rings. The van der Waals surface area contributed by atoms with Gasteiger partial charge in [-0.15, -0.1) is 0 Å². The highest BCUT2D eigenvalue weighted by Gasteiger charge is 2.31. The topological polar surface area (TPSA) is 75.7 Å². The van der Waals surface area contributed by atoms with E-state index in [1.165, 1.54) is 4.31 Å². The van der Waals surface area contributed by atoms with Crippen molar-refractivity contribution < 1.29 is 17.9 Å². The monoisotopic (exact) mass is 446 g/mol. The summed E-state index contributed by atoms with van der Waals surface area (Å²) in [5.41, 5.74) is 3.64. The van der Waals surface area contributed by atoms with Crippen LogP contribution in [0.5, 0.6) is 5.75 Å². The molecule has 0 heterocycles. The zero-order valence-electron chi connectivity index (χ0n) is 19.3. The first kappa shape index (κ1) is 24.7. The predicted molar refractivity (Wildman–Crippen MR) is 126 cm³/mol. The van der Waals surface area contributed by atoms with E-state index in [4.69, 9.17) is 4.74 Å². The number of nitrogens with one attached hydrogen (secondary N) is 1. The van der Waals surface area contributed by atoms with E-state index in [0.29, 0.717) is 24.6 Å². The fourth-order valence-corrected chi connectivity index (χ4v) is 4.67. The highest BCUT2D eigenvalue weighted by atomic mass is 32.2. The van der Waals surface area contributed by atoms with E-state index < -0.39 is 16.1 Å². The van der Waals surface area contributed by atoms with Crippen LogP contribution in [0.15, 0.2) is 42.5 Å². The number of hydrogen-bond acceptors (Lipinski definition) is 4. The SMILES string of the molecule is CC[C@H](C(=O)NCCOc1ccccc1C(C)C)N(c1ccc(C)c(C)c1)S(C)(=O)=O. The van der Waals surface area contributed by atoms with E-state index in [0.717, 1.165) is 28.7 Å². The average Bonchev–Trinajstić information content (AvgIpc) is 2.70. The zero-order valence-corrected chi connectivity index (χ0v) is 20.1. The molecular formula is C24H34N2O4S. The van der Waals surface area contributed by atoms with Crippen LogP contribution in [0.1, 0.15) is 49.8 Å². The number of para-hydroxylation sites is 1. The maximum absolute atomic E-state index is 12.9. The van der Waals surface area contributed by atoms with Crippen LogP contribution in [0, 0.1) is 13.8 Å². The summed E-state index contributed by atoms with van der Waals surface area (Å²) in [7, 11) is -3.65. The van der Waals surface area contributed by atoms with Crippen molar-refractivity contribution in [2.75, 3.05) is 23.7 Å². The summed E-state index contributed by atoms with van der Waals surface area (Å²) in [5, 5.41) is 2.83. The van der Waals surface area contributed by atoms with E-state index in [9.17, 15) is 13.2 Å². The molecule has 0 aliphatic heterocycles. The number of nitrogens with zero attached hydrogens (tertiary/aromatic N) is 1. The van der Waals surface area contributed by atoms with Crippen LogP contribution in [-0.4, -0.2) is 39.8 Å². The van der Waals surface area contributed by atoms with Gasteiger partial charge in [0, 0.05) is 0 Å². The Morgan fingerprint density at radius 3 is 2.35 bits per heavy atom. The molecule has 0 bridgehead atoms. The number of carbonyl (C=O) groups is 1. The van der Waals surface area contributed by atoms with Crippen molar-refractivity contribution in [2.24, 2.45) is 0 Å². The largest absolute Gasteiger partial charge is 0.491 e. The Hall–Kier alpha value is -2.54. The third kappa shape index (κ3) is 6.47. The number of carbonyl (C=O) groups excluding carboxylic acids is 1. The molecule has 0 aliphatic rings. The second-order valence-electron chi connectivity index (χ2n) is 8.08. The first-order valence-electron chi connectivity index (χ1n) is 10.6. The third-order valence-corrected chi connectivity index (χ3v) is 6.45. The van der Waals surface area contributed by atoms with Gasteiger partial charge in [0.1, 0.15) is 18.4 Å². The lowest BCUT2D eigenvalue weighted by molar-refractivity contribution is -0.122. The van der Waals surface area contributed by atoms with Crippen LogP contribution in [0.25, 0.3) is 0 Å². The van der Waals surface area contributed by atoms with E-state index in [2.05, 4.69) is 19.2 Å². The van der Waals surface area contributed by atoms with Crippen molar-refractivity contribution in [3.05, 3.63) is 59.2 Å². The maximum Gasteiger partial charge on any atom is 0.244 e. The molecule has 7 heteroatoms. The van der Waals surface area contributed by atoms with Gasteiger partial charge in [0.2, 0.25) is 15.9 Å². The molecule has 1 amide bonds. The first-order valence-corrected chi connectivity index (χ1v) is 12.5. The maximum atomic E-state index is 12.9. The summed E-state index contributed by atoms with van der Waals surface area (Å²) in [4.78, 5) is 12.9. The molecule has 31 heavy (non-hydrogen) atoms. The van der Waals surface area contributed by atoms with Gasteiger partial charge in [0.25, 0.3) is 0 Å². The van der Waals surface area contributed by atoms with Crippen molar-refractivity contribution in [2.45, 2.75) is 53.0 Å². The first-order chi connectivity index (χ1) is 14.6. The molecule has 0 unspecified atom stereocenters. The second kappa shape index (κ2) is 10.7. The summed E-state index contributed by atoms with van der Waals surface area (Å²) >= 11 is 0. The van der Waals surface area contributed by atoms with Gasteiger partial charge in [-0.25, -0.2) is 8.42 Å². The average molecular weight is 447 g/mol. The molecule has 170 valence electrons. The standard InChI is InChI=1S/C24H34N2O4S/c1-7-22(26(31(6,28)29)20-13-12-18(4)19(5)16-20)24(27)25-14-15-30-23-11-9-8-10-21(23)17(2)3/h8-13,16-17,22H,7,14-15H2,1-6H3,(H,25,27)/t22-/m1/s1. The summed E-state index contributed by atoms with van der Waals surface area (Å²) in [6.07, 6.45) is 1.48. The molecule has 2 rings (SSSR count). The van der Waals surface area contributed by atoms with E-state index in [1.807, 2.05) is 44.2 Å². The molecule has 0 saturated heterocycles. The number of benzene rings is 2. The number of anilines is 1. The molecule has 0 radical (unpaired) electrons. The van der Waals surface area contributed by atoms with Gasteiger partial charge in [-0.1, -0.05) is 45.0 Å². The van der Waals surface area contributed by atoms with Gasteiger partial charge in [0.15, 0.2) is 0 Å². The predicted octanol–water partition coefficient (Wildman–Crippen LogP) is 4.17. The van der Waals surface area contributed by atoms with Crippen molar-refractivity contribution in [3.8, 4) is 5.75 Å². The number of hydrogen-bond donors (Lipinski definition) is 1. The summed E-state index contributed by atoms with van der Waals surface area (Å²) in [5.74, 6) is 0.787. The second-order valence-corrected chi connectivity index (χ2v) is 9.94. The molecule has 0 aliphatic carbocycles. The van der Waals surface area contributed by atoms with Gasteiger partial charge < -0.3 is 10.1 Å². The number of rotatable bonds is 10. The highest BCUT2D eigenvalue weighted by Crippen LogP contribution is 2.26. The molecular weight excluding hydrogens is 412 g/mol. The Morgan fingerprint density at radius 2 is 1.77 bits per heavy atom. The Labute approximate surface area is 186 Å². The number of ether oxygens (including phenoxy) is 1. The molecule has 1 atom stereocenters. The molecule has 0 aromatic heterocycles. The van der Waals surface area contributed by atoms with Gasteiger partial charge in [-0.3, -0.25) is 9.10 Å². The molecule has 6 nitrogen and oxygen atoms in total. The fourth-order valence-electron chi connectivity index (χ4n) is 3.46. The Balaban J connectivity index is 2.09. The fraction of sp³-hybridized carbons (Fsp3) is 0.458. The van der Waals surface area contributed by atoms with Gasteiger partial charge in [-0.2, -0.15) is 0 Å². The van der Waals surface area contributed by atoms with Crippen LogP contribution < -0.4 is 14.4 Å². The van der Waals surface area contributed by atoms with Crippen molar-refractivity contribution in [1.82, 2.24) is 5.32 Å². The van der Waals surface area contributed by atoms with Crippen LogP contribution in [0.2, 0.25) is 0 Å². The van der Waals surface area contributed by atoms with Gasteiger partial charge >= 0.3 is 0 Å². The van der Waals surface area contributed by atoms with Crippen molar-refractivity contribution in [1.29, 1.82) is 0 Å². The lowest BCUT2D eigenvalue weighted by Crippen LogP contribution is -2.50. The minimum absolute atomic E-state index is 0.284. The molecule has 0 saturated carbocycles. The Bertz CT molecular complexity index is 1000. The Kier molecular flexibility index (Phi) is 8.51.